The number of halogens is 1. The van der Waals surface area contributed by atoms with Crippen LogP contribution in [0.4, 0.5) is 4.39 Å². The predicted octanol–water partition coefficient (Wildman–Crippen LogP) is 3.38. The molecule has 0 N–H and O–H groups in total. The molecular weight excluding hydrogens is 307 g/mol. The van der Waals surface area contributed by atoms with Gasteiger partial charge in [-0.1, -0.05) is 26.0 Å². The van der Waals surface area contributed by atoms with E-state index in [0.29, 0.717) is 6.54 Å². The highest BCUT2D eigenvalue weighted by atomic mass is 19.1. The van der Waals surface area contributed by atoms with Crippen LogP contribution in [0.1, 0.15) is 51.6 Å². The lowest BCUT2D eigenvalue weighted by molar-refractivity contribution is -0.136. The van der Waals surface area contributed by atoms with Crippen LogP contribution in [0, 0.1) is 11.7 Å². The van der Waals surface area contributed by atoms with E-state index >= 15 is 0 Å². The first kappa shape index (κ1) is 18.4. The van der Waals surface area contributed by atoms with Crippen molar-refractivity contribution in [3.63, 3.8) is 0 Å². The summed E-state index contributed by atoms with van der Waals surface area (Å²) in [6.45, 7) is 6.56. The first-order valence-electron chi connectivity index (χ1n) is 8.70. The second-order valence-corrected chi connectivity index (χ2v) is 6.59. The molecule has 0 radical (unpaired) electrons. The highest BCUT2D eigenvalue weighted by Gasteiger charge is 2.38. The van der Waals surface area contributed by atoms with E-state index in [1.165, 1.54) is 12.1 Å². The molecule has 0 spiro atoms. The fourth-order valence-electron chi connectivity index (χ4n) is 3.42. The molecule has 5 heteroatoms. The number of likely N-dealkylation sites (tertiary alicyclic amines) is 1. The third kappa shape index (κ3) is 3.77. The minimum atomic E-state index is -0.290. The van der Waals surface area contributed by atoms with Crippen molar-refractivity contribution in [2.45, 2.75) is 52.1 Å². The molecule has 2 amide bonds. The number of hydrogen-bond acceptors (Lipinski definition) is 2. The van der Waals surface area contributed by atoms with E-state index in [-0.39, 0.29) is 42.1 Å². The molecule has 1 aromatic carbocycles. The molecule has 1 aromatic rings. The smallest absolute Gasteiger partial charge is 0.228 e. The van der Waals surface area contributed by atoms with Gasteiger partial charge in [-0.2, -0.15) is 0 Å². The highest BCUT2D eigenvalue weighted by molar-refractivity contribution is 5.89. The lowest BCUT2D eigenvalue weighted by atomic mass is 10.0. The Morgan fingerprint density at radius 2 is 1.88 bits per heavy atom. The van der Waals surface area contributed by atoms with Crippen molar-refractivity contribution in [2.75, 3.05) is 13.6 Å². The topological polar surface area (TPSA) is 40.6 Å². The van der Waals surface area contributed by atoms with Crippen molar-refractivity contribution in [1.82, 2.24) is 9.80 Å². The van der Waals surface area contributed by atoms with E-state index in [1.807, 2.05) is 11.8 Å². The molecule has 4 nitrogen and oxygen atoms in total. The van der Waals surface area contributed by atoms with Crippen LogP contribution in [0.25, 0.3) is 0 Å². The second kappa shape index (κ2) is 7.77. The van der Waals surface area contributed by atoms with Crippen molar-refractivity contribution in [2.24, 2.45) is 5.92 Å². The molecule has 1 heterocycles. The molecule has 1 aliphatic rings. The van der Waals surface area contributed by atoms with Crippen LogP contribution in [0.2, 0.25) is 0 Å². The first-order chi connectivity index (χ1) is 11.4. The first-order valence-corrected chi connectivity index (χ1v) is 8.70. The Morgan fingerprint density at radius 3 is 2.42 bits per heavy atom. The SMILES string of the molecule is CCC(CC)N1CC(C(=O)N(C)C(C)c2ccc(F)cc2)CC1=O. The average molecular weight is 334 g/mol. The fraction of sp³-hybridized carbons (Fsp3) is 0.579. The Labute approximate surface area is 143 Å². The van der Waals surface area contributed by atoms with Crippen LogP contribution in [-0.2, 0) is 9.59 Å². The summed E-state index contributed by atoms with van der Waals surface area (Å²) in [5.74, 6) is -0.522. The Kier molecular flexibility index (Phi) is 5.97. The van der Waals surface area contributed by atoms with Gasteiger partial charge in [0.1, 0.15) is 5.82 Å². The van der Waals surface area contributed by atoms with E-state index in [9.17, 15) is 14.0 Å². The zero-order valence-electron chi connectivity index (χ0n) is 15.0. The molecule has 1 aliphatic heterocycles. The van der Waals surface area contributed by atoms with Crippen LogP contribution >= 0.6 is 0 Å². The summed E-state index contributed by atoms with van der Waals surface area (Å²) in [4.78, 5) is 28.6. The standard InChI is InChI=1S/C19H27FN2O2/c1-5-17(6-2)22-12-15(11-18(22)23)19(24)21(4)13(3)14-7-9-16(20)10-8-14/h7-10,13,15,17H,5-6,11-12H2,1-4H3. The van der Waals surface area contributed by atoms with Crippen molar-refractivity contribution in [3.05, 3.63) is 35.6 Å². The van der Waals surface area contributed by atoms with Gasteiger partial charge in [0.05, 0.1) is 12.0 Å². The van der Waals surface area contributed by atoms with Gasteiger partial charge < -0.3 is 9.80 Å². The van der Waals surface area contributed by atoms with Crippen LogP contribution in [-0.4, -0.2) is 41.2 Å². The van der Waals surface area contributed by atoms with Gasteiger partial charge in [0.15, 0.2) is 0 Å². The summed E-state index contributed by atoms with van der Waals surface area (Å²) >= 11 is 0. The van der Waals surface area contributed by atoms with E-state index < -0.39 is 0 Å². The van der Waals surface area contributed by atoms with Gasteiger partial charge in [0.2, 0.25) is 11.8 Å². The Bertz CT molecular complexity index is 584. The lowest BCUT2D eigenvalue weighted by Gasteiger charge is -2.29. The maximum Gasteiger partial charge on any atom is 0.228 e. The quantitative estimate of drug-likeness (QED) is 0.800. The molecule has 0 aliphatic carbocycles. The molecule has 132 valence electrons. The van der Waals surface area contributed by atoms with Gasteiger partial charge >= 0.3 is 0 Å². The lowest BCUT2D eigenvalue weighted by Crippen LogP contribution is -2.39. The van der Waals surface area contributed by atoms with E-state index in [2.05, 4.69) is 13.8 Å². The largest absolute Gasteiger partial charge is 0.339 e. The van der Waals surface area contributed by atoms with Crippen molar-refractivity contribution in [1.29, 1.82) is 0 Å². The third-order valence-electron chi connectivity index (χ3n) is 5.17. The molecule has 24 heavy (non-hydrogen) atoms. The average Bonchev–Trinajstić information content (AvgIpc) is 2.96. The van der Waals surface area contributed by atoms with Crippen molar-refractivity contribution >= 4 is 11.8 Å². The predicted molar refractivity (Wildman–Crippen MR) is 91.8 cm³/mol. The summed E-state index contributed by atoms with van der Waals surface area (Å²) in [5.41, 5.74) is 0.883. The normalized spacial score (nSPS) is 19.0. The maximum absolute atomic E-state index is 13.1. The number of hydrogen-bond donors (Lipinski definition) is 0. The molecular formula is C19H27FN2O2. The monoisotopic (exact) mass is 334 g/mol. The van der Waals surface area contributed by atoms with Crippen LogP contribution in [0.5, 0.6) is 0 Å². The van der Waals surface area contributed by atoms with Crippen molar-refractivity contribution < 1.29 is 14.0 Å². The maximum atomic E-state index is 13.1. The Balaban J connectivity index is 2.05. The summed E-state index contributed by atoms with van der Waals surface area (Å²) in [7, 11) is 1.75. The van der Waals surface area contributed by atoms with Crippen molar-refractivity contribution in [3.8, 4) is 0 Å². The van der Waals surface area contributed by atoms with Gasteiger partial charge in [-0.05, 0) is 37.5 Å². The van der Waals surface area contributed by atoms with Crippen LogP contribution < -0.4 is 0 Å². The van der Waals surface area contributed by atoms with E-state index in [4.69, 9.17) is 0 Å². The number of carbonyl (C=O) groups excluding carboxylic acids is 2. The summed E-state index contributed by atoms with van der Waals surface area (Å²) < 4.78 is 13.1. The van der Waals surface area contributed by atoms with Crippen LogP contribution in [0.3, 0.4) is 0 Å². The minimum absolute atomic E-state index is 0.0198. The molecule has 2 unspecified atom stereocenters. The summed E-state index contributed by atoms with van der Waals surface area (Å²) in [5, 5.41) is 0. The Morgan fingerprint density at radius 1 is 1.29 bits per heavy atom. The van der Waals surface area contributed by atoms with Gasteiger partial charge in [-0.3, -0.25) is 9.59 Å². The molecule has 1 fully saturated rings. The molecule has 1 saturated heterocycles. The van der Waals surface area contributed by atoms with Gasteiger partial charge in [-0.25, -0.2) is 4.39 Å². The fourth-order valence-corrected chi connectivity index (χ4v) is 3.42. The van der Waals surface area contributed by atoms with Crippen LogP contribution in [0.15, 0.2) is 24.3 Å². The molecule has 0 bridgehead atoms. The van der Waals surface area contributed by atoms with Gasteiger partial charge in [0.25, 0.3) is 0 Å². The summed E-state index contributed by atoms with van der Waals surface area (Å²) in [6.07, 6.45) is 2.10. The highest BCUT2D eigenvalue weighted by Crippen LogP contribution is 2.27. The second-order valence-electron chi connectivity index (χ2n) is 6.59. The zero-order valence-corrected chi connectivity index (χ0v) is 15.0. The number of amides is 2. The minimum Gasteiger partial charge on any atom is -0.339 e. The zero-order chi connectivity index (χ0) is 17.9. The van der Waals surface area contributed by atoms with E-state index in [0.717, 1.165) is 18.4 Å². The number of rotatable bonds is 6. The van der Waals surface area contributed by atoms with E-state index in [1.54, 1.807) is 24.1 Å². The van der Waals surface area contributed by atoms with Gasteiger partial charge in [0, 0.05) is 26.1 Å². The third-order valence-corrected chi connectivity index (χ3v) is 5.17. The molecule has 2 rings (SSSR count). The Hall–Kier alpha value is -1.91. The number of benzene rings is 1. The summed E-state index contributed by atoms with van der Waals surface area (Å²) in [6, 6.07) is 6.25. The number of carbonyl (C=O) groups is 2. The molecule has 0 saturated carbocycles. The molecule has 0 aromatic heterocycles. The van der Waals surface area contributed by atoms with Gasteiger partial charge in [-0.15, -0.1) is 0 Å². The molecule has 2 atom stereocenters. The number of nitrogens with zero attached hydrogens (tertiary/aromatic N) is 2.